The molecule has 1 amide bonds. The van der Waals surface area contributed by atoms with Gasteiger partial charge in [-0.1, -0.05) is 31.9 Å². The van der Waals surface area contributed by atoms with Gasteiger partial charge in [-0.05, 0) is 51.9 Å². The average molecular weight is 322 g/mol. The normalized spacial score (nSPS) is 29.2. The first kappa shape index (κ1) is 18.3. The third-order valence-electron chi connectivity index (χ3n) is 5.06. The second-order valence-electron chi connectivity index (χ2n) is 8.33. The molecule has 0 aromatic carbocycles. The molecule has 0 spiro atoms. The smallest absolute Gasteiger partial charge is 0.410 e. The second-order valence-corrected chi connectivity index (χ2v) is 8.33. The first-order chi connectivity index (χ1) is 10.8. The summed E-state index contributed by atoms with van der Waals surface area (Å²) in [5.74, 6) is 1.53. The van der Waals surface area contributed by atoms with E-state index in [1.54, 1.807) is 4.90 Å². The molecule has 2 rings (SSSR count). The topological polar surface area (TPSA) is 41.6 Å². The number of nitrogens with one attached hydrogen (secondary N) is 1. The van der Waals surface area contributed by atoms with Gasteiger partial charge in [0.05, 0.1) is 0 Å². The number of ether oxygens (including phenoxy) is 1. The summed E-state index contributed by atoms with van der Waals surface area (Å²) in [6.45, 7) is 12.9. The minimum Gasteiger partial charge on any atom is -0.444 e. The molecule has 1 aliphatic heterocycles. The Bertz CT molecular complexity index is 429. The van der Waals surface area contributed by atoms with Crippen molar-refractivity contribution in [2.75, 3.05) is 19.6 Å². The summed E-state index contributed by atoms with van der Waals surface area (Å²) in [6, 6.07) is 0.633. The third kappa shape index (κ3) is 5.52. The maximum absolute atomic E-state index is 12.1. The SMILES string of the molecule is CC1CCCC(C)C1NCC1=CCN(C(=O)OC(C)(C)C)CC1. The Kier molecular flexibility index (Phi) is 6.12. The molecule has 0 saturated heterocycles. The molecular weight excluding hydrogens is 288 g/mol. The zero-order valence-electron chi connectivity index (χ0n) is 15.5. The highest BCUT2D eigenvalue weighted by atomic mass is 16.6. The number of rotatable bonds is 3. The minimum absolute atomic E-state index is 0.199. The van der Waals surface area contributed by atoms with Crippen LogP contribution in [0.15, 0.2) is 11.6 Å². The van der Waals surface area contributed by atoms with E-state index in [2.05, 4.69) is 25.2 Å². The molecule has 2 atom stereocenters. The number of amides is 1. The van der Waals surface area contributed by atoms with Gasteiger partial charge in [-0.15, -0.1) is 0 Å². The molecule has 4 nitrogen and oxygen atoms in total. The molecule has 1 saturated carbocycles. The summed E-state index contributed by atoms with van der Waals surface area (Å²) >= 11 is 0. The average Bonchev–Trinajstić information content (AvgIpc) is 2.45. The molecule has 2 unspecified atom stereocenters. The van der Waals surface area contributed by atoms with E-state index < -0.39 is 5.60 Å². The summed E-state index contributed by atoms with van der Waals surface area (Å²) < 4.78 is 5.44. The number of hydrogen-bond acceptors (Lipinski definition) is 3. The Morgan fingerprint density at radius 2 is 1.96 bits per heavy atom. The van der Waals surface area contributed by atoms with Gasteiger partial charge in [0.1, 0.15) is 5.60 Å². The molecule has 1 N–H and O–H groups in total. The zero-order valence-corrected chi connectivity index (χ0v) is 15.5. The van der Waals surface area contributed by atoms with Gasteiger partial charge in [0.2, 0.25) is 0 Å². The van der Waals surface area contributed by atoms with E-state index in [1.807, 2.05) is 20.8 Å². The standard InChI is InChI=1S/C19H34N2O2/c1-14-7-6-8-15(2)17(14)20-13-16-9-11-21(12-10-16)18(22)23-19(3,4)5/h9,14-15,17,20H,6-8,10-13H2,1-5H3. The number of nitrogens with zero attached hydrogens (tertiary/aromatic N) is 1. The van der Waals surface area contributed by atoms with Crippen LogP contribution in [0.5, 0.6) is 0 Å². The molecule has 132 valence electrons. The number of carbonyl (C=O) groups is 1. The monoisotopic (exact) mass is 322 g/mol. The highest BCUT2D eigenvalue weighted by molar-refractivity contribution is 5.68. The van der Waals surface area contributed by atoms with E-state index in [0.29, 0.717) is 12.6 Å². The summed E-state index contributed by atoms with van der Waals surface area (Å²) in [5, 5.41) is 3.77. The second kappa shape index (κ2) is 7.69. The molecule has 23 heavy (non-hydrogen) atoms. The van der Waals surface area contributed by atoms with Crippen LogP contribution in [0.4, 0.5) is 4.79 Å². The van der Waals surface area contributed by atoms with E-state index in [0.717, 1.165) is 31.3 Å². The number of hydrogen-bond donors (Lipinski definition) is 1. The van der Waals surface area contributed by atoms with Crippen LogP contribution < -0.4 is 5.32 Å². The zero-order chi connectivity index (χ0) is 17.0. The van der Waals surface area contributed by atoms with Gasteiger partial charge >= 0.3 is 6.09 Å². The molecular formula is C19H34N2O2. The fourth-order valence-electron chi connectivity index (χ4n) is 3.70. The molecule has 0 bridgehead atoms. The predicted octanol–water partition coefficient (Wildman–Crippen LogP) is 3.97. The minimum atomic E-state index is -0.421. The highest BCUT2D eigenvalue weighted by Crippen LogP contribution is 2.29. The Labute approximate surface area is 141 Å². The molecule has 0 aromatic rings. The lowest BCUT2D eigenvalue weighted by Crippen LogP contribution is -2.44. The predicted molar refractivity (Wildman–Crippen MR) is 94.5 cm³/mol. The van der Waals surface area contributed by atoms with Crippen molar-refractivity contribution in [3.63, 3.8) is 0 Å². The van der Waals surface area contributed by atoms with Crippen molar-refractivity contribution >= 4 is 6.09 Å². The molecule has 1 aliphatic carbocycles. The van der Waals surface area contributed by atoms with Crippen LogP contribution in [-0.2, 0) is 4.74 Å². The quantitative estimate of drug-likeness (QED) is 0.799. The van der Waals surface area contributed by atoms with Crippen molar-refractivity contribution in [1.29, 1.82) is 0 Å². The van der Waals surface area contributed by atoms with E-state index in [-0.39, 0.29) is 6.09 Å². The van der Waals surface area contributed by atoms with Crippen molar-refractivity contribution < 1.29 is 9.53 Å². The van der Waals surface area contributed by atoms with Crippen LogP contribution >= 0.6 is 0 Å². The van der Waals surface area contributed by atoms with Gasteiger partial charge in [-0.2, -0.15) is 0 Å². The first-order valence-corrected chi connectivity index (χ1v) is 9.15. The van der Waals surface area contributed by atoms with Crippen LogP contribution in [0.3, 0.4) is 0 Å². The van der Waals surface area contributed by atoms with E-state index in [9.17, 15) is 4.79 Å². The van der Waals surface area contributed by atoms with E-state index in [1.165, 1.54) is 24.8 Å². The molecule has 1 fully saturated rings. The Balaban J connectivity index is 1.79. The van der Waals surface area contributed by atoms with Crippen LogP contribution in [0.1, 0.15) is 60.3 Å². The van der Waals surface area contributed by atoms with Crippen LogP contribution in [0, 0.1) is 11.8 Å². The summed E-state index contributed by atoms with van der Waals surface area (Å²) in [4.78, 5) is 13.9. The number of carbonyl (C=O) groups excluding carboxylic acids is 1. The van der Waals surface area contributed by atoms with Crippen molar-refractivity contribution in [2.45, 2.75) is 71.9 Å². The molecule has 0 radical (unpaired) electrons. The molecule has 1 heterocycles. The van der Waals surface area contributed by atoms with Gasteiger partial charge in [0, 0.05) is 25.7 Å². The van der Waals surface area contributed by atoms with Gasteiger partial charge in [0.25, 0.3) is 0 Å². The lowest BCUT2D eigenvalue weighted by Gasteiger charge is -2.36. The van der Waals surface area contributed by atoms with Crippen LogP contribution in [0.2, 0.25) is 0 Å². The van der Waals surface area contributed by atoms with Gasteiger partial charge in [-0.25, -0.2) is 4.79 Å². The van der Waals surface area contributed by atoms with Crippen molar-refractivity contribution in [1.82, 2.24) is 10.2 Å². The molecule has 2 aliphatic rings. The third-order valence-corrected chi connectivity index (χ3v) is 5.06. The van der Waals surface area contributed by atoms with Gasteiger partial charge in [-0.3, -0.25) is 0 Å². The Hall–Kier alpha value is -1.03. The maximum Gasteiger partial charge on any atom is 0.410 e. The van der Waals surface area contributed by atoms with Gasteiger partial charge in [0.15, 0.2) is 0 Å². The van der Waals surface area contributed by atoms with Crippen molar-refractivity contribution in [2.24, 2.45) is 11.8 Å². The summed E-state index contributed by atoms with van der Waals surface area (Å²) in [5.41, 5.74) is 1.00. The highest BCUT2D eigenvalue weighted by Gasteiger charge is 2.28. The fraction of sp³-hybridized carbons (Fsp3) is 0.842. The van der Waals surface area contributed by atoms with Crippen LogP contribution in [-0.4, -0.2) is 42.3 Å². The molecule has 4 heteroatoms. The van der Waals surface area contributed by atoms with Crippen LogP contribution in [0.25, 0.3) is 0 Å². The Morgan fingerprint density at radius 3 is 2.48 bits per heavy atom. The lowest BCUT2D eigenvalue weighted by atomic mass is 9.78. The van der Waals surface area contributed by atoms with E-state index >= 15 is 0 Å². The Morgan fingerprint density at radius 1 is 1.30 bits per heavy atom. The largest absolute Gasteiger partial charge is 0.444 e. The fourth-order valence-corrected chi connectivity index (χ4v) is 3.70. The van der Waals surface area contributed by atoms with Gasteiger partial charge < -0.3 is 15.0 Å². The first-order valence-electron chi connectivity index (χ1n) is 9.15. The molecule has 0 aromatic heterocycles. The summed E-state index contributed by atoms with van der Waals surface area (Å²) in [7, 11) is 0. The van der Waals surface area contributed by atoms with E-state index in [4.69, 9.17) is 4.74 Å². The lowest BCUT2D eigenvalue weighted by molar-refractivity contribution is 0.0265. The van der Waals surface area contributed by atoms with Crippen molar-refractivity contribution in [3.05, 3.63) is 11.6 Å². The van der Waals surface area contributed by atoms with Crippen molar-refractivity contribution in [3.8, 4) is 0 Å². The maximum atomic E-state index is 12.1. The summed E-state index contributed by atoms with van der Waals surface area (Å²) in [6.07, 6.45) is 6.99.